The fourth-order valence-corrected chi connectivity index (χ4v) is 2.66. The van der Waals surface area contributed by atoms with Gasteiger partial charge in [-0.05, 0) is 35.7 Å². The van der Waals surface area contributed by atoms with Crippen molar-refractivity contribution in [3.63, 3.8) is 0 Å². The lowest BCUT2D eigenvalue weighted by molar-refractivity contribution is -0.128. The summed E-state index contributed by atoms with van der Waals surface area (Å²) in [6.45, 7) is 4.24. The van der Waals surface area contributed by atoms with Crippen molar-refractivity contribution < 1.29 is 13.9 Å². The molecule has 0 radical (unpaired) electrons. The van der Waals surface area contributed by atoms with Crippen LogP contribution >= 0.6 is 0 Å². The van der Waals surface area contributed by atoms with Crippen LogP contribution in [-0.4, -0.2) is 12.0 Å². The maximum Gasteiger partial charge on any atom is 0.268 e. The minimum Gasteiger partial charge on any atom is -0.478 e. The van der Waals surface area contributed by atoms with Gasteiger partial charge < -0.3 is 15.4 Å². The first-order valence-electron chi connectivity index (χ1n) is 7.57. The molecule has 2 N–H and O–H groups in total. The highest BCUT2D eigenvalue weighted by Gasteiger charge is 2.36. The normalized spacial score (nSPS) is 17.1. The number of hydrogen-bond acceptors (Lipinski definition) is 3. The lowest BCUT2D eigenvalue weighted by Gasteiger charge is -2.36. The van der Waals surface area contributed by atoms with Gasteiger partial charge in [0.25, 0.3) is 5.91 Å². The first-order chi connectivity index (χ1) is 11.0. The van der Waals surface area contributed by atoms with E-state index in [0.717, 1.165) is 5.56 Å². The second-order valence-corrected chi connectivity index (χ2v) is 6.06. The van der Waals surface area contributed by atoms with Gasteiger partial charge in [0.15, 0.2) is 6.10 Å². The van der Waals surface area contributed by atoms with E-state index in [1.54, 1.807) is 35.2 Å². The molecule has 4 nitrogen and oxygen atoms in total. The third-order valence-electron chi connectivity index (χ3n) is 3.90. The minimum atomic E-state index is -0.551. The monoisotopic (exact) mass is 314 g/mol. The summed E-state index contributed by atoms with van der Waals surface area (Å²) in [7, 11) is 0. The Balaban J connectivity index is 1.99. The summed E-state index contributed by atoms with van der Waals surface area (Å²) in [5.74, 6) is 0.245. The van der Waals surface area contributed by atoms with Gasteiger partial charge in [-0.25, -0.2) is 4.39 Å². The van der Waals surface area contributed by atoms with Crippen molar-refractivity contribution in [1.29, 1.82) is 0 Å². The lowest BCUT2D eigenvalue weighted by atomic mass is 10.0. The summed E-state index contributed by atoms with van der Waals surface area (Å²) in [5, 5.41) is 0. The number of amides is 1. The highest BCUT2D eigenvalue weighted by atomic mass is 19.1. The zero-order valence-corrected chi connectivity index (χ0v) is 13.1. The molecule has 0 fully saturated rings. The second kappa shape index (κ2) is 5.91. The van der Waals surface area contributed by atoms with E-state index in [1.165, 1.54) is 12.1 Å². The Morgan fingerprint density at radius 2 is 1.91 bits per heavy atom. The summed E-state index contributed by atoms with van der Waals surface area (Å²) in [6, 6.07) is 11.4. The van der Waals surface area contributed by atoms with Gasteiger partial charge in [0.1, 0.15) is 11.6 Å². The number of nitrogens with two attached hydrogens (primary N) is 1. The smallest absolute Gasteiger partial charge is 0.268 e. The molecule has 1 aliphatic heterocycles. The van der Waals surface area contributed by atoms with E-state index in [0.29, 0.717) is 23.7 Å². The predicted octanol–water partition coefficient (Wildman–Crippen LogP) is 3.36. The molecule has 1 atom stereocenters. The zero-order valence-electron chi connectivity index (χ0n) is 13.1. The summed E-state index contributed by atoms with van der Waals surface area (Å²) in [6.07, 6.45) is -0.551. The van der Waals surface area contributed by atoms with Crippen LogP contribution in [-0.2, 0) is 11.3 Å². The van der Waals surface area contributed by atoms with Gasteiger partial charge in [0, 0.05) is 11.8 Å². The molecule has 120 valence electrons. The van der Waals surface area contributed by atoms with Crippen molar-refractivity contribution >= 4 is 17.3 Å². The number of hydrogen-bond donors (Lipinski definition) is 1. The van der Waals surface area contributed by atoms with Crippen LogP contribution in [0.4, 0.5) is 15.8 Å². The third-order valence-corrected chi connectivity index (χ3v) is 3.90. The molecule has 1 heterocycles. The molecule has 0 aliphatic carbocycles. The number of anilines is 2. The molecule has 1 amide bonds. The van der Waals surface area contributed by atoms with Crippen molar-refractivity contribution in [2.75, 3.05) is 10.6 Å². The lowest BCUT2D eigenvalue weighted by Crippen LogP contribution is -2.48. The molecule has 1 aliphatic rings. The SMILES string of the molecule is CC(C)C1Oc2cc(N)ccc2N(Cc2ccc(F)cc2)C1=O. The number of ether oxygens (including phenoxy) is 1. The number of nitrogen functional groups attached to an aromatic ring is 1. The Morgan fingerprint density at radius 1 is 1.22 bits per heavy atom. The topological polar surface area (TPSA) is 55.6 Å². The summed E-state index contributed by atoms with van der Waals surface area (Å²) >= 11 is 0. The number of carbonyl (C=O) groups excluding carboxylic acids is 1. The number of benzene rings is 2. The van der Waals surface area contributed by atoms with E-state index in [-0.39, 0.29) is 17.6 Å². The molecule has 2 aromatic carbocycles. The Kier molecular flexibility index (Phi) is 3.94. The van der Waals surface area contributed by atoms with Crippen LogP contribution < -0.4 is 15.4 Å². The van der Waals surface area contributed by atoms with Crippen molar-refractivity contribution in [2.24, 2.45) is 5.92 Å². The Hall–Kier alpha value is -2.56. The van der Waals surface area contributed by atoms with Crippen molar-refractivity contribution in [2.45, 2.75) is 26.5 Å². The van der Waals surface area contributed by atoms with Crippen LogP contribution in [0.1, 0.15) is 19.4 Å². The number of rotatable bonds is 3. The molecule has 0 bridgehead atoms. The van der Waals surface area contributed by atoms with E-state index in [2.05, 4.69) is 0 Å². The predicted molar refractivity (Wildman–Crippen MR) is 87.7 cm³/mol. The van der Waals surface area contributed by atoms with E-state index in [4.69, 9.17) is 10.5 Å². The first kappa shape index (κ1) is 15.3. The Labute approximate surface area is 134 Å². The molecule has 0 saturated heterocycles. The van der Waals surface area contributed by atoms with Crippen LogP contribution in [0.25, 0.3) is 0 Å². The van der Waals surface area contributed by atoms with Crippen molar-refractivity contribution in [1.82, 2.24) is 0 Å². The fourth-order valence-electron chi connectivity index (χ4n) is 2.66. The van der Waals surface area contributed by atoms with Crippen LogP contribution in [0.5, 0.6) is 5.75 Å². The molecule has 2 aromatic rings. The molecule has 23 heavy (non-hydrogen) atoms. The Morgan fingerprint density at radius 3 is 2.57 bits per heavy atom. The number of fused-ring (bicyclic) bond motifs is 1. The third kappa shape index (κ3) is 2.99. The van der Waals surface area contributed by atoms with E-state index >= 15 is 0 Å². The maximum absolute atomic E-state index is 13.1. The number of carbonyl (C=O) groups is 1. The maximum atomic E-state index is 13.1. The van der Waals surface area contributed by atoms with Gasteiger partial charge in [-0.1, -0.05) is 26.0 Å². The quantitative estimate of drug-likeness (QED) is 0.884. The Bertz CT molecular complexity index is 728. The van der Waals surface area contributed by atoms with Crippen molar-refractivity contribution in [3.8, 4) is 5.75 Å². The molecule has 0 aromatic heterocycles. The molecule has 1 unspecified atom stereocenters. The van der Waals surface area contributed by atoms with Gasteiger partial charge in [-0.2, -0.15) is 0 Å². The summed E-state index contributed by atoms with van der Waals surface area (Å²) in [5.41, 5.74) is 7.95. The summed E-state index contributed by atoms with van der Waals surface area (Å²) < 4.78 is 18.9. The van der Waals surface area contributed by atoms with Gasteiger partial charge in [-0.3, -0.25) is 4.79 Å². The van der Waals surface area contributed by atoms with Crippen LogP contribution in [0.3, 0.4) is 0 Å². The van der Waals surface area contributed by atoms with Gasteiger partial charge in [0.2, 0.25) is 0 Å². The molecule has 3 rings (SSSR count). The first-order valence-corrected chi connectivity index (χ1v) is 7.57. The standard InChI is InChI=1S/C18H19FN2O2/c1-11(2)17-18(22)21(10-12-3-5-13(19)6-4-12)15-8-7-14(20)9-16(15)23-17/h3-9,11,17H,10,20H2,1-2H3. The van der Waals surface area contributed by atoms with E-state index < -0.39 is 6.10 Å². The zero-order chi connectivity index (χ0) is 16.6. The minimum absolute atomic E-state index is 0.0350. The number of halogens is 1. The van der Waals surface area contributed by atoms with E-state index in [1.807, 2.05) is 13.8 Å². The summed E-state index contributed by atoms with van der Waals surface area (Å²) in [4.78, 5) is 14.5. The highest BCUT2D eigenvalue weighted by Crippen LogP contribution is 2.37. The van der Waals surface area contributed by atoms with Gasteiger partial charge in [0.05, 0.1) is 12.2 Å². The highest BCUT2D eigenvalue weighted by molar-refractivity contribution is 6.00. The van der Waals surface area contributed by atoms with E-state index in [9.17, 15) is 9.18 Å². The van der Waals surface area contributed by atoms with Gasteiger partial charge in [-0.15, -0.1) is 0 Å². The van der Waals surface area contributed by atoms with Crippen LogP contribution in [0.2, 0.25) is 0 Å². The van der Waals surface area contributed by atoms with Crippen molar-refractivity contribution in [3.05, 3.63) is 53.8 Å². The van der Waals surface area contributed by atoms with Crippen LogP contribution in [0.15, 0.2) is 42.5 Å². The average Bonchev–Trinajstić information content (AvgIpc) is 2.51. The van der Waals surface area contributed by atoms with Crippen LogP contribution in [0, 0.1) is 11.7 Å². The fraction of sp³-hybridized carbons (Fsp3) is 0.278. The average molecular weight is 314 g/mol. The molecular weight excluding hydrogens is 295 g/mol. The molecule has 0 saturated carbocycles. The molecular formula is C18H19FN2O2. The van der Waals surface area contributed by atoms with Gasteiger partial charge >= 0.3 is 0 Å². The molecule has 5 heteroatoms. The number of nitrogens with zero attached hydrogens (tertiary/aromatic N) is 1. The largest absolute Gasteiger partial charge is 0.478 e. The second-order valence-electron chi connectivity index (χ2n) is 6.06. The molecule has 0 spiro atoms.